The Morgan fingerprint density at radius 1 is 1.11 bits per heavy atom. The highest BCUT2D eigenvalue weighted by Crippen LogP contribution is 2.22. The van der Waals surface area contributed by atoms with Crippen molar-refractivity contribution in [2.24, 2.45) is 5.41 Å². The number of hydrogen-bond acceptors (Lipinski definition) is 4. The van der Waals surface area contributed by atoms with Crippen molar-refractivity contribution >= 4 is 0 Å². The van der Waals surface area contributed by atoms with Gasteiger partial charge in [0.05, 0.1) is 6.61 Å². The van der Waals surface area contributed by atoms with Crippen molar-refractivity contribution in [3.8, 4) is 0 Å². The van der Waals surface area contributed by atoms with Gasteiger partial charge in [0.25, 0.3) is 0 Å². The molecule has 0 aromatic rings. The Bertz CT molecular complexity index is 245. The molecule has 0 unspecified atom stereocenters. The van der Waals surface area contributed by atoms with E-state index in [2.05, 4.69) is 29.0 Å². The lowest BCUT2D eigenvalue weighted by Gasteiger charge is -2.39. The van der Waals surface area contributed by atoms with Crippen molar-refractivity contribution in [3.05, 3.63) is 0 Å². The van der Waals surface area contributed by atoms with Crippen LogP contribution in [0.3, 0.4) is 0 Å². The number of nitrogens with one attached hydrogen (secondary N) is 1. The second-order valence-electron chi connectivity index (χ2n) is 6.66. The molecule has 1 aliphatic heterocycles. The molecule has 1 saturated carbocycles. The highest BCUT2D eigenvalue weighted by Gasteiger charge is 2.28. The summed E-state index contributed by atoms with van der Waals surface area (Å²) in [6.45, 7) is 12.7. The summed E-state index contributed by atoms with van der Waals surface area (Å²) in [7, 11) is 0. The molecule has 0 bridgehead atoms. The maximum Gasteiger partial charge on any atom is 0.0558 e. The molecule has 2 fully saturated rings. The Morgan fingerprint density at radius 2 is 1.72 bits per heavy atom. The minimum atomic E-state index is 0.288. The predicted molar refractivity (Wildman–Crippen MR) is 74.8 cm³/mol. The molecule has 4 heteroatoms. The fourth-order valence-electron chi connectivity index (χ4n) is 2.68. The average Bonchev–Trinajstić information content (AvgIpc) is 3.13. The first-order valence-corrected chi connectivity index (χ1v) is 7.38. The zero-order valence-electron chi connectivity index (χ0n) is 12.0. The van der Waals surface area contributed by atoms with Gasteiger partial charge in [0.15, 0.2) is 0 Å². The third-order valence-corrected chi connectivity index (χ3v) is 3.98. The van der Waals surface area contributed by atoms with Gasteiger partial charge >= 0.3 is 0 Å². The van der Waals surface area contributed by atoms with Gasteiger partial charge in [0.2, 0.25) is 0 Å². The van der Waals surface area contributed by atoms with E-state index in [1.165, 1.54) is 19.4 Å². The van der Waals surface area contributed by atoms with Gasteiger partial charge in [-0.15, -0.1) is 0 Å². The Hall–Kier alpha value is -0.160. The van der Waals surface area contributed by atoms with Crippen LogP contribution in [0.15, 0.2) is 0 Å². The standard InChI is InChI=1S/C14H29N3O/c1-14(2,11-15-13-3-4-13)12-17-7-5-16(6-8-17)9-10-18/h13,15,18H,3-12H2,1-2H3. The minimum Gasteiger partial charge on any atom is -0.395 e. The number of β-amino-alcohol motifs (C(OH)–C–C–N with tert-alkyl or cyclic N) is 1. The van der Waals surface area contributed by atoms with Gasteiger partial charge in [-0.1, -0.05) is 13.8 Å². The number of piperazine rings is 1. The smallest absolute Gasteiger partial charge is 0.0558 e. The van der Waals surface area contributed by atoms with Crippen LogP contribution in [-0.4, -0.2) is 73.4 Å². The van der Waals surface area contributed by atoms with Gasteiger partial charge in [-0.05, 0) is 18.3 Å². The molecular formula is C14H29N3O. The summed E-state index contributed by atoms with van der Waals surface area (Å²) in [6.07, 6.45) is 2.74. The van der Waals surface area contributed by atoms with Crippen LogP contribution >= 0.6 is 0 Å². The molecule has 0 atom stereocenters. The number of rotatable bonds is 7. The zero-order valence-corrected chi connectivity index (χ0v) is 12.0. The molecule has 106 valence electrons. The largest absolute Gasteiger partial charge is 0.395 e. The number of nitrogens with zero attached hydrogens (tertiary/aromatic N) is 2. The van der Waals surface area contributed by atoms with E-state index in [1.54, 1.807) is 0 Å². The molecule has 2 N–H and O–H groups in total. The Morgan fingerprint density at radius 3 is 2.28 bits per heavy atom. The predicted octanol–water partition coefficient (Wildman–Crippen LogP) is 0.375. The maximum atomic E-state index is 8.94. The van der Waals surface area contributed by atoms with Crippen molar-refractivity contribution in [2.45, 2.75) is 32.7 Å². The third-order valence-electron chi connectivity index (χ3n) is 3.98. The van der Waals surface area contributed by atoms with Gasteiger partial charge in [0, 0.05) is 51.9 Å². The minimum absolute atomic E-state index is 0.288. The highest BCUT2D eigenvalue weighted by atomic mass is 16.3. The van der Waals surface area contributed by atoms with E-state index >= 15 is 0 Å². The second kappa shape index (κ2) is 6.33. The summed E-state index contributed by atoms with van der Waals surface area (Å²) in [5.41, 5.74) is 0.363. The highest BCUT2D eigenvalue weighted by molar-refractivity contribution is 4.86. The van der Waals surface area contributed by atoms with E-state index in [0.717, 1.165) is 45.3 Å². The summed E-state index contributed by atoms with van der Waals surface area (Å²) >= 11 is 0. The van der Waals surface area contributed by atoms with Crippen LogP contribution in [0, 0.1) is 5.41 Å². The summed E-state index contributed by atoms with van der Waals surface area (Å²) in [5, 5.41) is 12.6. The molecule has 18 heavy (non-hydrogen) atoms. The fourth-order valence-corrected chi connectivity index (χ4v) is 2.68. The average molecular weight is 255 g/mol. The molecule has 0 aromatic carbocycles. The monoisotopic (exact) mass is 255 g/mol. The van der Waals surface area contributed by atoms with Crippen molar-refractivity contribution in [3.63, 3.8) is 0 Å². The van der Waals surface area contributed by atoms with Crippen LogP contribution in [0.4, 0.5) is 0 Å². The Labute approximate surface area is 111 Å². The molecule has 0 radical (unpaired) electrons. The van der Waals surface area contributed by atoms with Gasteiger partial charge in [-0.2, -0.15) is 0 Å². The van der Waals surface area contributed by atoms with Crippen molar-refractivity contribution in [1.82, 2.24) is 15.1 Å². The first-order chi connectivity index (χ1) is 8.59. The van der Waals surface area contributed by atoms with Crippen LogP contribution in [0.5, 0.6) is 0 Å². The molecular weight excluding hydrogens is 226 g/mol. The van der Waals surface area contributed by atoms with Gasteiger partial charge < -0.3 is 15.3 Å². The first kappa shape index (κ1) is 14.3. The third kappa shape index (κ3) is 4.84. The lowest BCUT2D eigenvalue weighted by molar-refractivity contribution is 0.0849. The van der Waals surface area contributed by atoms with Crippen LogP contribution in [0.2, 0.25) is 0 Å². The second-order valence-corrected chi connectivity index (χ2v) is 6.66. The van der Waals surface area contributed by atoms with Crippen molar-refractivity contribution < 1.29 is 5.11 Å². The van der Waals surface area contributed by atoms with Crippen LogP contribution < -0.4 is 5.32 Å². The van der Waals surface area contributed by atoms with E-state index in [9.17, 15) is 0 Å². The van der Waals surface area contributed by atoms with Crippen molar-refractivity contribution in [2.75, 3.05) is 52.4 Å². The van der Waals surface area contributed by atoms with E-state index in [0.29, 0.717) is 5.41 Å². The van der Waals surface area contributed by atoms with Crippen LogP contribution in [0.25, 0.3) is 0 Å². The van der Waals surface area contributed by atoms with Crippen molar-refractivity contribution in [1.29, 1.82) is 0 Å². The topological polar surface area (TPSA) is 38.7 Å². The molecule has 1 saturated heterocycles. The summed E-state index contributed by atoms with van der Waals surface area (Å²) in [4.78, 5) is 4.92. The number of hydrogen-bond donors (Lipinski definition) is 2. The first-order valence-electron chi connectivity index (χ1n) is 7.38. The maximum absolute atomic E-state index is 8.94. The van der Waals surface area contributed by atoms with Gasteiger partial charge in [-0.25, -0.2) is 0 Å². The summed E-state index contributed by atoms with van der Waals surface area (Å²) in [5.74, 6) is 0. The van der Waals surface area contributed by atoms with E-state index in [1.807, 2.05) is 0 Å². The Kier molecular flexibility index (Phi) is 5.01. The SMILES string of the molecule is CC(C)(CNC1CC1)CN1CCN(CCO)CC1. The summed E-state index contributed by atoms with van der Waals surface area (Å²) in [6, 6.07) is 0.811. The molecule has 1 aliphatic carbocycles. The van der Waals surface area contributed by atoms with E-state index < -0.39 is 0 Å². The summed E-state index contributed by atoms with van der Waals surface area (Å²) < 4.78 is 0. The zero-order chi connectivity index (χ0) is 13.0. The molecule has 1 heterocycles. The Balaban J connectivity index is 1.65. The van der Waals surface area contributed by atoms with Crippen LogP contribution in [-0.2, 0) is 0 Å². The molecule has 2 rings (SSSR count). The lowest BCUT2D eigenvalue weighted by atomic mass is 9.92. The normalized spacial score (nSPS) is 23.5. The molecule has 2 aliphatic rings. The van der Waals surface area contributed by atoms with Gasteiger partial charge in [-0.3, -0.25) is 4.90 Å². The lowest BCUT2D eigenvalue weighted by Crippen LogP contribution is -2.51. The molecule has 0 spiro atoms. The van der Waals surface area contributed by atoms with Crippen LogP contribution in [0.1, 0.15) is 26.7 Å². The molecule has 4 nitrogen and oxygen atoms in total. The van der Waals surface area contributed by atoms with Gasteiger partial charge in [0.1, 0.15) is 0 Å². The molecule has 0 aromatic heterocycles. The quantitative estimate of drug-likeness (QED) is 0.690. The number of aliphatic hydroxyl groups excluding tert-OH is 1. The molecule has 0 amide bonds. The fraction of sp³-hybridized carbons (Fsp3) is 1.00. The van der Waals surface area contributed by atoms with E-state index in [4.69, 9.17) is 5.11 Å². The van der Waals surface area contributed by atoms with E-state index in [-0.39, 0.29) is 6.61 Å². The number of aliphatic hydroxyl groups is 1.